The smallest absolute Gasteiger partial charge is 0.246 e. The lowest BCUT2D eigenvalue weighted by Crippen LogP contribution is -2.39. The van der Waals surface area contributed by atoms with Crippen molar-refractivity contribution in [3.8, 4) is 0 Å². The van der Waals surface area contributed by atoms with Gasteiger partial charge in [-0.15, -0.1) is 0 Å². The maximum Gasteiger partial charge on any atom is 0.246 e. The van der Waals surface area contributed by atoms with E-state index in [-0.39, 0.29) is 24.3 Å². The highest BCUT2D eigenvalue weighted by Gasteiger charge is 2.35. The Bertz CT molecular complexity index is 313. The van der Waals surface area contributed by atoms with Gasteiger partial charge in [-0.1, -0.05) is 19.3 Å². The Kier molecular flexibility index (Phi) is 4.72. The number of nitrogens with one attached hydrogen (secondary N) is 1. The number of ether oxygens (including phenoxy) is 1. The summed E-state index contributed by atoms with van der Waals surface area (Å²) in [5.41, 5.74) is 0. The molecule has 1 N–H and O–H groups in total. The van der Waals surface area contributed by atoms with Gasteiger partial charge in [0.05, 0.1) is 25.2 Å². The Morgan fingerprint density at radius 2 is 2.00 bits per heavy atom. The molecule has 1 saturated heterocycles. The summed E-state index contributed by atoms with van der Waals surface area (Å²) in [4.78, 5) is 24.1. The van der Waals surface area contributed by atoms with Gasteiger partial charge in [-0.25, -0.2) is 0 Å². The second-order valence-corrected chi connectivity index (χ2v) is 5.13. The number of hydrogen-bond donors (Lipinski definition) is 1. The Morgan fingerprint density at radius 1 is 1.28 bits per heavy atom. The van der Waals surface area contributed by atoms with Crippen molar-refractivity contribution in [2.45, 2.75) is 50.7 Å². The van der Waals surface area contributed by atoms with Crippen molar-refractivity contribution in [3.05, 3.63) is 0 Å². The van der Waals surface area contributed by atoms with Crippen LogP contribution in [0.15, 0.2) is 0 Å². The molecule has 0 aromatic rings. The highest BCUT2D eigenvalue weighted by atomic mass is 16.5. The highest BCUT2D eigenvalue weighted by molar-refractivity contribution is 6.05. The summed E-state index contributed by atoms with van der Waals surface area (Å²) < 4.78 is 5.76. The van der Waals surface area contributed by atoms with E-state index in [0.717, 1.165) is 12.8 Å². The Hall–Kier alpha value is -0.940. The molecule has 1 atom stereocenters. The van der Waals surface area contributed by atoms with Gasteiger partial charge in [0, 0.05) is 13.6 Å². The highest BCUT2D eigenvalue weighted by Crippen LogP contribution is 2.19. The second-order valence-electron chi connectivity index (χ2n) is 5.13. The Labute approximate surface area is 108 Å². The molecular weight excluding hydrogens is 232 g/mol. The number of rotatable bonds is 5. The van der Waals surface area contributed by atoms with E-state index in [1.165, 1.54) is 31.2 Å². The maximum absolute atomic E-state index is 11.6. The third kappa shape index (κ3) is 3.29. The first kappa shape index (κ1) is 13.5. The average Bonchev–Trinajstić information content (AvgIpc) is 2.64. The van der Waals surface area contributed by atoms with Crippen LogP contribution < -0.4 is 5.32 Å². The molecule has 0 spiro atoms. The van der Waals surface area contributed by atoms with Crippen molar-refractivity contribution in [2.24, 2.45) is 0 Å². The average molecular weight is 254 g/mol. The molecule has 2 rings (SSSR count). The molecular formula is C13H22N2O3. The Balaban J connectivity index is 1.61. The fraction of sp³-hybridized carbons (Fsp3) is 0.846. The minimum absolute atomic E-state index is 0.106. The van der Waals surface area contributed by atoms with Crippen molar-refractivity contribution in [3.63, 3.8) is 0 Å². The van der Waals surface area contributed by atoms with Crippen LogP contribution in [0, 0.1) is 0 Å². The summed E-state index contributed by atoms with van der Waals surface area (Å²) in [7, 11) is 1.53. The molecule has 2 fully saturated rings. The summed E-state index contributed by atoms with van der Waals surface area (Å²) in [6, 6.07) is -0.350. The maximum atomic E-state index is 11.6. The van der Waals surface area contributed by atoms with E-state index in [1.807, 2.05) is 0 Å². The summed E-state index contributed by atoms with van der Waals surface area (Å²) in [6.45, 7) is 1.25. The lowest BCUT2D eigenvalue weighted by Gasteiger charge is -2.22. The van der Waals surface area contributed by atoms with Crippen LogP contribution in [-0.4, -0.2) is 49.1 Å². The first-order valence-electron chi connectivity index (χ1n) is 6.84. The molecule has 5 heteroatoms. The van der Waals surface area contributed by atoms with E-state index in [4.69, 9.17) is 4.74 Å². The van der Waals surface area contributed by atoms with Gasteiger partial charge in [0.2, 0.25) is 11.8 Å². The first-order valence-corrected chi connectivity index (χ1v) is 6.84. The number of imide groups is 1. The van der Waals surface area contributed by atoms with Gasteiger partial charge in [0.1, 0.15) is 0 Å². The summed E-state index contributed by atoms with van der Waals surface area (Å²) in [6.07, 6.45) is 6.83. The normalized spacial score (nSPS) is 26.1. The molecule has 0 aromatic heterocycles. The predicted octanol–water partition coefficient (Wildman–Crippen LogP) is 0.683. The molecule has 1 saturated carbocycles. The third-order valence-corrected chi connectivity index (χ3v) is 3.78. The molecule has 0 radical (unpaired) electrons. The SMILES string of the molecule is CN1C(=O)CC(NCCOC2CCCCC2)C1=O. The number of amides is 2. The number of carbonyl (C=O) groups excluding carboxylic acids is 2. The molecule has 1 aliphatic heterocycles. The lowest BCUT2D eigenvalue weighted by molar-refractivity contribution is -0.137. The first-order chi connectivity index (χ1) is 8.68. The molecule has 2 amide bonds. The van der Waals surface area contributed by atoms with Gasteiger partial charge in [-0.05, 0) is 12.8 Å². The standard InChI is InChI=1S/C13H22N2O3/c1-15-12(16)9-11(13(15)17)14-7-8-18-10-5-3-2-4-6-10/h10-11,14H,2-9H2,1H3. The van der Waals surface area contributed by atoms with E-state index in [2.05, 4.69) is 5.32 Å². The molecule has 102 valence electrons. The van der Waals surface area contributed by atoms with Crippen molar-refractivity contribution < 1.29 is 14.3 Å². The van der Waals surface area contributed by atoms with Gasteiger partial charge >= 0.3 is 0 Å². The molecule has 1 heterocycles. The molecule has 0 bridgehead atoms. The van der Waals surface area contributed by atoms with Crippen molar-refractivity contribution in [2.75, 3.05) is 20.2 Å². The quantitative estimate of drug-likeness (QED) is 0.579. The van der Waals surface area contributed by atoms with E-state index < -0.39 is 0 Å². The largest absolute Gasteiger partial charge is 0.377 e. The van der Waals surface area contributed by atoms with Gasteiger partial charge in [-0.3, -0.25) is 14.5 Å². The lowest BCUT2D eigenvalue weighted by atomic mass is 9.98. The van der Waals surface area contributed by atoms with Crippen molar-refractivity contribution in [1.29, 1.82) is 0 Å². The van der Waals surface area contributed by atoms with E-state index >= 15 is 0 Å². The monoisotopic (exact) mass is 254 g/mol. The van der Waals surface area contributed by atoms with Crippen LogP contribution in [0.1, 0.15) is 38.5 Å². The number of likely N-dealkylation sites (N-methyl/N-ethyl adjacent to an activating group) is 1. The molecule has 18 heavy (non-hydrogen) atoms. The zero-order chi connectivity index (χ0) is 13.0. The molecule has 2 aliphatic rings. The van der Waals surface area contributed by atoms with Crippen LogP contribution in [0.3, 0.4) is 0 Å². The van der Waals surface area contributed by atoms with Crippen LogP contribution in [0.4, 0.5) is 0 Å². The van der Waals surface area contributed by atoms with Crippen LogP contribution in [-0.2, 0) is 14.3 Å². The summed E-state index contributed by atoms with van der Waals surface area (Å²) in [5.74, 6) is -0.233. The van der Waals surface area contributed by atoms with E-state index in [9.17, 15) is 9.59 Å². The van der Waals surface area contributed by atoms with Gasteiger partial charge in [0.25, 0.3) is 0 Å². The molecule has 1 aliphatic carbocycles. The molecule has 1 unspecified atom stereocenters. The van der Waals surface area contributed by atoms with Crippen LogP contribution in [0.5, 0.6) is 0 Å². The minimum atomic E-state index is -0.350. The summed E-state index contributed by atoms with van der Waals surface area (Å²) >= 11 is 0. The van der Waals surface area contributed by atoms with Gasteiger partial charge in [0.15, 0.2) is 0 Å². The number of carbonyl (C=O) groups is 2. The summed E-state index contributed by atoms with van der Waals surface area (Å²) in [5, 5.41) is 3.09. The topological polar surface area (TPSA) is 58.6 Å². The number of hydrogen-bond acceptors (Lipinski definition) is 4. The fourth-order valence-corrected chi connectivity index (χ4v) is 2.61. The van der Waals surface area contributed by atoms with Gasteiger partial charge < -0.3 is 10.1 Å². The second kappa shape index (κ2) is 6.29. The number of nitrogens with zero attached hydrogens (tertiary/aromatic N) is 1. The predicted molar refractivity (Wildman–Crippen MR) is 67.0 cm³/mol. The van der Waals surface area contributed by atoms with Gasteiger partial charge in [-0.2, -0.15) is 0 Å². The van der Waals surface area contributed by atoms with Crippen LogP contribution >= 0.6 is 0 Å². The third-order valence-electron chi connectivity index (χ3n) is 3.78. The minimum Gasteiger partial charge on any atom is -0.377 e. The van der Waals surface area contributed by atoms with Crippen molar-refractivity contribution >= 4 is 11.8 Å². The zero-order valence-electron chi connectivity index (χ0n) is 11.0. The number of likely N-dealkylation sites (tertiary alicyclic amines) is 1. The molecule has 5 nitrogen and oxygen atoms in total. The van der Waals surface area contributed by atoms with E-state index in [1.54, 1.807) is 0 Å². The fourth-order valence-electron chi connectivity index (χ4n) is 2.61. The zero-order valence-corrected chi connectivity index (χ0v) is 11.0. The van der Waals surface area contributed by atoms with E-state index in [0.29, 0.717) is 19.3 Å². The van der Waals surface area contributed by atoms with Crippen LogP contribution in [0.2, 0.25) is 0 Å². The van der Waals surface area contributed by atoms with Crippen molar-refractivity contribution in [1.82, 2.24) is 10.2 Å². The molecule has 0 aromatic carbocycles. The Morgan fingerprint density at radius 3 is 2.61 bits per heavy atom. The van der Waals surface area contributed by atoms with Crippen LogP contribution in [0.25, 0.3) is 0 Å².